The first-order valence-corrected chi connectivity index (χ1v) is 8.28. The molecule has 0 spiro atoms. The molecule has 1 aromatic carbocycles. The van der Waals surface area contributed by atoms with Gasteiger partial charge in [0.2, 0.25) is 0 Å². The average molecular weight is 306 g/mol. The second kappa shape index (κ2) is 8.82. The van der Waals surface area contributed by atoms with Gasteiger partial charge < -0.3 is 9.47 Å². The molecule has 0 fully saturated rings. The normalized spacial score (nSPS) is 13.7. The monoisotopic (exact) mass is 306 g/mol. The lowest BCUT2D eigenvalue weighted by atomic mass is 9.72. The molecule has 22 heavy (non-hydrogen) atoms. The zero-order valence-electron chi connectivity index (χ0n) is 14.6. The molecule has 0 heterocycles. The third kappa shape index (κ3) is 4.75. The zero-order chi connectivity index (χ0) is 16.6. The number of rotatable bonds is 9. The number of hydrogen-bond acceptors (Lipinski definition) is 3. The number of benzene rings is 1. The van der Waals surface area contributed by atoms with E-state index in [1.807, 2.05) is 31.2 Å². The lowest BCUT2D eigenvalue weighted by Crippen LogP contribution is -2.37. The minimum atomic E-state index is -0.465. The molecule has 0 bridgehead atoms. The summed E-state index contributed by atoms with van der Waals surface area (Å²) in [7, 11) is 1.67. The van der Waals surface area contributed by atoms with Crippen molar-refractivity contribution in [2.24, 2.45) is 11.3 Å². The van der Waals surface area contributed by atoms with E-state index in [1.165, 1.54) is 0 Å². The minimum absolute atomic E-state index is 0.0727. The maximum absolute atomic E-state index is 12.7. The molecule has 3 nitrogen and oxygen atoms in total. The highest BCUT2D eigenvalue weighted by Crippen LogP contribution is 2.39. The largest absolute Gasteiger partial charge is 0.496 e. The van der Waals surface area contributed by atoms with Gasteiger partial charge in [-0.2, -0.15) is 0 Å². The number of carbonyl (C=O) groups excluding carboxylic acids is 1. The van der Waals surface area contributed by atoms with Crippen LogP contribution in [0.3, 0.4) is 0 Å². The van der Waals surface area contributed by atoms with E-state index in [1.54, 1.807) is 7.11 Å². The molecule has 0 saturated heterocycles. The predicted octanol–water partition coefficient (Wildman–Crippen LogP) is 4.63. The Kier molecular flexibility index (Phi) is 7.43. The van der Waals surface area contributed by atoms with E-state index in [9.17, 15) is 4.79 Å². The highest BCUT2D eigenvalue weighted by atomic mass is 16.5. The van der Waals surface area contributed by atoms with Gasteiger partial charge in [0.15, 0.2) is 0 Å². The molecule has 124 valence electrons. The maximum Gasteiger partial charge on any atom is 0.312 e. The van der Waals surface area contributed by atoms with Crippen LogP contribution < -0.4 is 4.74 Å². The lowest BCUT2D eigenvalue weighted by molar-refractivity contribution is -0.157. The number of ether oxygens (including phenoxy) is 2. The highest BCUT2D eigenvalue weighted by Gasteiger charge is 2.40. The molecule has 0 aliphatic carbocycles. The predicted molar refractivity (Wildman–Crippen MR) is 90.1 cm³/mol. The molecule has 0 aliphatic rings. The van der Waals surface area contributed by atoms with Crippen LogP contribution >= 0.6 is 0 Å². The first-order valence-electron chi connectivity index (χ1n) is 8.28. The molecule has 0 saturated carbocycles. The molecule has 0 aliphatic heterocycles. The van der Waals surface area contributed by atoms with Gasteiger partial charge in [-0.25, -0.2) is 0 Å². The Hall–Kier alpha value is -1.51. The van der Waals surface area contributed by atoms with Crippen LogP contribution in [-0.2, 0) is 16.0 Å². The Bertz CT molecular complexity index is 468. The van der Waals surface area contributed by atoms with Crippen molar-refractivity contribution in [2.75, 3.05) is 13.7 Å². The molecular weight excluding hydrogens is 276 g/mol. The summed E-state index contributed by atoms with van der Waals surface area (Å²) in [6.45, 7) is 8.73. The fourth-order valence-corrected chi connectivity index (χ4v) is 3.28. The van der Waals surface area contributed by atoms with Gasteiger partial charge in [-0.15, -0.1) is 0 Å². The Labute approximate surface area is 135 Å². The third-order valence-corrected chi connectivity index (χ3v) is 3.96. The Morgan fingerprint density at radius 1 is 1.23 bits per heavy atom. The topological polar surface area (TPSA) is 35.5 Å². The molecule has 0 radical (unpaired) electrons. The van der Waals surface area contributed by atoms with Gasteiger partial charge in [-0.1, -0.05) is 45.4 Å². The quantitative estimate of drug-likeness (QED) is 0.624. The average Bonchev–Trinajstić information content (AvgIpc) is 2.47. The number of carbonyl (C=O) groups is 1. The second-order valence-electron chi connectivity index (χ2n) is 6.34. The van der Waals surface area contributed by atoms with Gasteiger partial charge in [-0.3, -0.25) is 4.79 Å². The van der Waals surface area contributed by atoms with Crippen LogP contribution in [0.2, 0.25) is 0 Å². The molecule has 0 amide bonds. The molecule has 1 atom stereocenters. The van der Waals surface area contributed by atoms with Crippen molar-refractivity contribution in [1.82, 2.24) is 0 Å². The summed E-state index contributed by atoms with van der Waals surface area (Å²) in [6, 6.07) is 7.95. The fourth-order valence-electron chi connectivity index (χ4n) is 3.28. The van der Waals surface area contributed by atoms with Crippen molar-refractivity contribution in [3.63, 3.8) is 0 Å². The molecule has 0 aromatic heterocycles. The van der Waals surface area contributed by atoms with E-state index in [4.69, 9.17) is 9.47 Å². The van der Waals surface area contributed by atoms with E-state index < -0.39 is 5.41 Å². The molecule has 1 rings (SSSR count). The maximum atomic E-state index is 12.7. The van der Waals surface area contributed by atoms with E-state index in [0.29, 0.717) is 18.9 Å². The Morgan fingerprint density at radius 3 is 2.45 bits per heavy atom. The Balaban J connectivity index is 3.19. The van der Waals surface area contributed by atoms with Crippen molar-refractivity contribution >= 4 is 5.97 Å². The van der Waals surface area contributed by atoms with Gasteiger partial charge in [0.05, 0.1) is 19.1 Å². The van der Waals surface area contributed by atoms with Gasteiger partial charge in [0, 0.05) is 0 Å². The van der Waals surface area contributed by atoms with Crippen molar-refractivity contribution in [3.05, 3.63) is 29.8 Å². The van der Waals surface area contributed by atoms with Gasteiger partial charge >= 0.3 is 5.97 Å². The first-order chi connectivity index (χ1) is 10.5. The zero-order valence-corrected chi connectivity index (χ0v) is 14.6. The van der Waals surface area contributed by atoms with Crippen LogP contribution in [0.25, 0.3) is 0 Å². The van der Waals surface area contributed by atoms with Gasteiger partial charge in [-0.05, 0) is 43.7 Å². The molecule has 1 unspecified atom stereocenters. The fraction of sp³-hybridized carbons (Fsp3) is 0.632. The summed E-state index contributed by atoms with van der Waals surface area (Å²) in [6.07, 6.45) is 3.29. The first kappa shape index (κ1) is 18.5. The second-order valence-corrected chi connectivity index (χ2v) is 6.34. The van der Waals surface area contributed by atoms with Crippen molar-refractivity contribution in [3.8, 4) is 5.75 Å². The van der Waals surface area contributed by atoms with E-state index in [0.717, 1.165) is 30.6 Å². The highest BCUT2D eigenvalue weighted by molar-refractivity contribution is 5.77. The molecular formula is C19H30O3. The third-order valence-electron chi connectivity index (χ3n) is 3.96. The summed E-state index contributed by atoms with van der Waals surface area (Å²) in [5.41, 5.74) is 0.611. The number of para-hydroxylation sites is 1. The summed E-state index contributed by atoms with van der Waals surface area (Å²) in [5.74, 6) is 1.21. The number of methoxy groups -OCH3 is 1. The van der Waals surface area contributed by atoms with Crippen molar-refractivity contribution < 1.29 is 14.3 Å². The van der Waals surface area contributed by atoms with Crippen LogP contribution in [0.15, 0.2) is 24.3 Å². The molecule has 0 N–H and O–H groups in total. The van der Waals surface area contributed by atoms with E-state index in [-0.39, 0.29) is 5.97 Å². The van der Waals surface area contributed by atoms with Crippen molar-refractivity contribution in [1.29, 1.82) is 0 Å². The van der Waals surface area contributed by atoms with Crippen LogP contribution in [0.1, 0.15) is 52.5 Å². The van der Waals surface area contributed by atoms with Crippen LogP contribution in [-0.4, -0.2) is 19.7 Å². The Morgan fingerprint density at radius 2 is 1.91 bits per heavy atom. The summed E-state index contributed by atoms with van der Waals surface area (Å²) in [4.78, 5) is 12.7. The van der Waals surface area contributed by atoms with E-state index in [2.05, 4.69) is 20.8 Å². The SMILES string of the molecule is CCCC(Cc1ccccc1OC)(CC(C)C)C(=O)OCC. The number of hydrogen-bond donors (Lipinski definition) is 0. The standard InChI is InChI=1S/C19H30O3/c1-6-12-19(13-15(3)4,18(20)22-7-2)14-16-10-8-9-11-17(16)21-5/h8-11,15H,6-7,12-14H2,1-5H3. The lowest BCUT2D eigenvalue weighted by Gasteiger charge is -2.33. The van der Waals surface area contributed by atoms with E-state index >= 15 is 0 Å². The van der Waals surface area contributed by atoms with Crippen LogP contribution in [0.5, 0.6) is 5.75 Å². The van der Waals surface area contributed by atoms with Gasteiger partial charge in [0.25, 0.3) is 0 Å². The minimum Gasteiger partial charge on any atom is -0.496 e. The molecule has 3 heteroatoms. The number of esters is 1. The van der Waals surface area contributed by atoms with Crippen LogP contribution in [0.4, 0.5) is 0 Å². The van der Waals surface area contributed by atoms with Gasteiger partial charge in [0.1, 0.15) is 5.75 Å². The molecule has 1 aromatic rings. The smallest absolute Gasteiger partial charge is 0.312 e. The summed E-state index contributed by atoms with van der Waals surface area (Å²) in [5, 5.41) is 0. The summed E-state index contributed by atoms with van der Waals surface area (Å²) < 4.78 is 10.9. The van der Waals surface area contributed by atoms with Crippen LogP contribution in [0, 0.1) is 11.3 Å². The van der Waals surface area contributed by atoms with Crippen molar-refractivity contribution in [2.45, 2.75) is 53.4 Å². The summed E-state index contributed by atoms with van der Waals surface area (Å²) >= 11 is 0.